The highest BCUT2D eigenvalue weighted by Crippen LogP contribution is 2.30. The summed E-state index contributed by atoms with van der Waals surface area (Å²) >= 11 is 0. The summed E-state index contributed by atoms with van der Waals surface area (Å²) in [4.78, 5) is 63.5. The van der Waals surface area contributed by atoms with Crippen LogP contribution in [0.1, 0.15) is 26.5 Å². The molecule has 1 heterocycles. The van der Waals surface area contributed by atoms with Gasteiger partial charge in [-0.3, -0.25) is 30.3 Å². The standard InChI is InChI=1S/C20H14N6O12/c1-35-15(27)11-5-3-7-13(9-11)37-18-21-17(20(24(29)30,25(31)32)26(33)34)22-19(23-18)38-14-8-4-6-12(10-14)16(28)36-2/h3-10H,1-2H3. The lowest BCUT2D eigenvalue weighted by molar-refractivity contribution is -0.987. The van der Waals surface area contributed by atoms with Crippen molar-refractivity contribution >= 4 is 11.9 Å². The van der Waals surface area contributed by atoms with E-state index >= 15 is 0 Å². The fourth-order valence-corrected chi connectivity index (χ4v) is 2.84. The quantitative estimate of drug-likeness (QED) is 0.157. The van der Waals surface area contributed by atoms with Gasteiger partial charge in [0, 0.05) is 0 Å². The monoisotopic (exact) mass is 530 g/mol. The molecule has 196 valence electrons. The fraction of sp³-hybridized carbons (Fsp3) is 0.150. The van der Waals surface area contributed by atoms with E-state index in [2.05, 4.69) is 24.4 Å². The van der Waals surface area contributed by atoms with Gasteiger partial charge in [-0.2, -0.15) is 9.97 Å². The summed E-state index contributed by atoms with van der Waals surface area (Å²) in [5, 5.41) is 34.8. The van der Waals surface area contributed by atoms with Crippen molar-refractivity contribution in [1.29, 1.82) is 0 Å². The van der Waals surface area contributed by atoms with Crippen LogP contribution in [0.3, 0.4) is 0 Å². The summed E-state index contributed by atoms with van der Waals surface area (Å²) in [7, 11) is 2.25. The molecule has 0 spiro atoms. The predicted octanol–water partition coefficient (Wildman–Crippen LogP) is 1.97. The topological polar surface area (TPSA) is 239 Å². The molecule has 0 atom stereocenters. The van der Waals surface area contributed by atoms with Gasteiger partial charge in [0.25, 0.3) is 0 Å². The second kappa shape index (κ2) is 10.8. The highest BCUT2D eigenvalue weighted by atomic mass is 16.7. The maximum atomic E-state index is 11.8. The zero-order chi connectivity index (χ0) is 28.0. The van der Waals surface area contributed by atoms with E-state index in [0.29, 0.717) is 0 Å². The molecule has 18 nitrogen and oxygen atoms in total. The number of nitrogens with zero attached hydrogens (tertiary/aromatic N) is 6. The molecule has 0 saturated heterocycles. The minimum absolute atomic E-state index is 0.00518. The van der Waals surface area contributed by atoms with Gasteiger partial charge < -0.3 is 18.9 Å². The normalized spacial score (nSPS) is 10.7. The van der Waals surface area contributed by atoms with Gasteiger partial charge in [0.05, 0.1) is 25.3 Å². The SMILES string of the molecule is COC(=O)c1cccc(Oc2nc(Oc3cccc(C(=O)OC)c3)nc(C([N+](=O)[O-])([N+](=O)[O-])[N+](=O)[O-])n2)c1. The number of ether oxygens (including phenoxy) is 4. The number of hydrogen-bond donors (Lipinski definition) is 0. The van der Waals surface area contributed by atoms with Crippen LogP contribution < -0.4 is 9.47 Å². The molecule has 3 rings (SSSR count). The summed E-state index contributed by atoms with van der Waals surface area (Å²) < 4.78 is 19.9. The van der Waals surface area contributed by atoms with E-state index in [-0.39, 0.29) is 22.6 Å². The lowest BCUT2D eigenvalue weighted by Crippen LogP contribution is -2.51. The van der Waals surface area contributed by atoms with E-state index in [1.807, 2.05) is 0 Å². The molecule has 1 aromatic heterocycles. The Kier molecular flexibility index (Phi) is 7.65. The van der Waals surface area contributed by atoms with Crippen molar-refractivity contribution in [3.05, 3.63) is 95.8 Å². The van der Waals surface area contributed by atoms with Crippen molar-refractivity contribution in [3.63, 3.8) is 0 Å². The summed E-state index contributed by atoms with van der Waals surface area (Å²) in [6, 6.07) is 8.51. The molecule has 0 radical (unpaired) electrons. The zero-order valence-electron chi connectivity index (χ0n) is 19.2. The van der Waals surface area contributed by atoms with Crippen LogP contribution in [-0.4, -0.2) is 55.9 Å². The molecule has 0 fully saturated rings. The molecule has 0 N–H and O–H groups in total. The van der Waals surface area contributed by atoms with Crippen molar-refractivity contribution in [3.8, 4) is 23.5 Å². The maximum absolute atomic E-state index is 11.8. The van der Waals surface area contributed by atoms with Crippen LogP contribution in [0.5, 0.6) is 23.5 Å². The van der Waals surface area contributed by atoms with Gasteiger partial charge in [0.2, 0.25) is 0 Å². The van der Waals surface area contributed by atoms with Crippen LogP contribution in [0.2, 0.25) is 0 Å². The highest BCUT2D eigenvalue weighted by molar-refractivity contribution is 5.90. The van der Waals surface area contributed by atoms with Crippen molar-refractivity contribution in [2.24, 2.45) is 0 Å². The van der Waals surface area contributed by atoms with Crippen molar-refractivity contribution in [2.45, 2.75) is 5.79 Å². The van der Waals surface area contributed by atoms with Crippen molar-refractivity contribution in [1.82, 2.24) is 15.0 Å². The van der Waals surface area contributed by atoms with Crippen molar-refractivity contribution in [2.75, 3.05) is 14.2 Å². The first kappa shape index (κ1) is 26.8. The maximum Gasteiger partial charge on any atom is 0.763 e. The molecule has 0 aliphatic carbocycles. The number of benzene rings is 2. The van der Waals surface area contributed by atoms with Gasteiger partial charge >= 0.3 is 35.6 Å². The Morgan fingerprint density at radius 2 is 1.11 bits per heavy atom. The Labute approximate surface area is 210 Å². The molecule has 0 aliphatic rings. The second-order valence-electron chi connectivity index (χ2n) is 6.87. The molecule has 38 heavy (non-hydrogen) atoms. The van der Waals surface area contributed by atoms with Gasteiger partial charge in [0.1, 0.15) is 11.5 Å². The Morgan fingerprint density at radius 1 is 0.711 bits per heavy atom. The number of aromatic nitrogens is 3. The van der Waals surface area contributed by atoms with Gasteiger partial charge in [-0.15, -0.1) is 4.98 Å². The largest absolute Gasteiger partial charge is 0.763 e. The molecule has 0 unspecified atom stereocenters. The lowest BCUT2D eigenvalue weighted by Gasteiger charge is -2.11. The van der Waals surface area contributed by atoms with Gasteiger partial charge in [-0.05, 0) is 36.4 Å². The highest BCUT2D eigenvalue weighted by Gasteiger charge is 2.76. The average molecular weight is 530 g/mol. The van der Waals surface area contributed by atoms with E-state index < -0.39 is 50.3 Å². The van der Waals surface area contributed by atoms with Crippen LogP contribution in [-0.2, 0) is 15.3 Å². The predicted molar refractivity (Wildman–Crippen MR) is 118 cm³/mol. The summed E-state index contributed by atoms with van der Waals surface area (Å²) in [6.45, 7) is 0. The van der Waals surface area contributed by atoms with Gasteiger partial charge in [-0.1, -0.05) is 12.1 Å². The zero-order valence-corrected chi connectivity index (χ0v) is 19.2. The number of rotatable bonds is 10. The van der Waals surface area contributed by atoms with Crippen LogP contribution in [0, 0.1) is 30.3 Å². The number of esters is 2. The van der Waals surface area contributed by atoms with Crippen LogP contribution in [0.15, 0.2) is 48.5 Å². The van der Waals surface area contributed by atoms with Crippen LogP contribution >= 0.6 is 0 Å². The number of hydrogen-bond acceptors (Lipinski definition) is 15. The Balaban J connectivity index is 2.16. The third kappa shape index (κ3) is 5.22. The molecule has 2 aromatic carbocycles. The molecule has 0 saturated carbocycles. The first-order chi connectivity index (χ1) is 18.0. The van der Waals surface area contributed by atoms with E-state index in [1.54, 1.807) is 0 Å². The molecule has 0 bridgehead atoms. The number of methoxy groups -OCH3 is 2. The first-order valence-corrected chi connectivity index (χ1v) is 9.95. The third-order valence-electron chi connectivity index (χ3n) is 4.59. The molecule has 0 aliphatic heterocycles. The van der Waals surface area contributed by atoms with Gasteiger partial charge in [0.15, 0.2) is 14.8 Å². The molecule has 18 heteroatoms. The lowest BCUT2D eigenvalue weighted by atomic mass is 10.2. The Bertz CT molecular complexity index is 1330. The van der Waals surface area contributed by atoms with E-state index in [4.69, 9.17) is 9.47 Å². The Morgan fingerprint density at radius 3 is 1.45 bits per heavy atom. The number of carbonyl (C=O) groups is 2. The van der Waals surface area contributed by atoms with Gasteiger partial charge in [-0.25, -0.2) is 9.59 Å². The third-order valence-corrected chi connectivity index (χ3v) is 4.59. The molecule has 3 aromatic rings. The van der Waals surface area contributed by atoms with Crippen molar-refractivity contribution < 1.29 is 43.3 Å². The second-order valence-corrected chi connectivity index (χ2v) is 6.87. The minimum atomic E-state index is -4.26. The molecule has 0 amide bonds. The number of carbonyl (C=O) groups excluding carboxylic acids is 2. The van der Waals surface area contributed by atoms with E-state index in [1.165, 1.54) is 36.4 Å². The minimum Gasteiger partial charge on any atom is -0.465 e. The van der Waals surface area contributed by atoms with Crippen LogP contribution in [0.4, 0.5) is 0 Å². The average Bonchev–Trinajstić information content (AvgIpc) is 2.87. The summed E-state index contributed by atoms with van der Waals surface area (Å²) in [5.41, 5.74) is 0.0104. The molecular weight excluding hydrogens is 516 g/mol. The summed E-state index contributed by atoms with van der Waals surface area (Å²) in [5.74, 6) is -7.65. The summed E-state index contributed by atoms with van der Waals surface area (Å²) in [6.07, 6.45) is 0. The van der Waals surface area contributed by atoms with E-state index in [9.17, 15) is 39.9 Å². The molecular formula is C20H14N6O12. The first-order valence-electron chi connectivity index (χ1n) is 9.95. The Hall–Kier alpha value is -5.81. The number of nitro groups is 3. The van der Waals surface area contributed by atoms with Crippen LogP contribution in [0.25, 0.3) is 0 Å². The fourth-order valence-electron chi connectivity index (χ4n) is 2.84. The smallest absolute Gasteiger partial charge is 0.465 e. The van der Waals surface area contributed by atoms with E-state index in [0.717, 1.165) is 26.4 Å².